The summed E-state index contributed by atoms with van der Waals surface area (Å²) < 4.78 is 18.9. The van der Waals surface area contributed by atoms with Crippen LogP contribution < -0.4 is 9.47 Å². The number of aryl methyl sites for hydroxylation is 2. The SMILES string of the molecule is Cc1ccc([C@@](O)(C(=O)O[C@H]2CC[C@H](N(C)CCCn3nnc4cc(C=O)c5c(c43)OCO5)CC2)c2cccs2)s1. The molecule has 1 N–H and O–H groups in total. The van der Waals surface area contributed by atoms with Gasteiger partial charge in [-0.1, -0.05) is 11.3 Å². The molecule has 0 amide bonds. The van der Waals surface area contributed by atoms with Crippen LogP contribution in [0.1, 0.15) is 57.1 Å². The van der Waals surface area contributed by atoms with Gasteiger partial charge in [-0.25, -0.2) is 9.48 Å². The molecule has 2 aliphatic rings. The van der Waals surface area contributed by atoms with Crippen molar-refractivity contribution in [1.82, 2.24) is 19.9 Å². The van der Waals surface area contributed by atoms with Crippen LogP contribution in [0.4, 0.5) is 0 Å². The standard InChI is InChI=1S/C29H32N4O6S2/c1-18-6-11-24(41-18)29(36,23-5-3-14-40-23)28(35)39-21-9-7-20(8-10-21)32(2)12-4-13-33-25-22(30-31-33)15-19(16-34)26-27(25)38-17-37-26/h3,5-6,11,14-16,20-21,36H,4,7-10,12-13,17H2,1-2H3/t20-,21-,29-/m1/s1. The largest absolute Gasteiger partial charge is 0.460 e. The van der Waals surface area contributed by atoms with E-state index >= 15 is 0 Å². The Kier molecular flexibility index (Phi) is 7.82. The predicted molar refractivity (Wildman–Crippen MR) is 155 cm³/mol. The molecule has 10 nitrogen and oxygen atoms in total. The lowest BCUT2D eigenvalue weighted by Gasteiger charge is -2.35. The van der Waals surface area contributed by atoms with Crippen molar-refractivity contribution in [3.63, 3.8) is 0 Å². The normalized spacial score (nSPS) is 19.9. The summed E-state index contributed by atoms with van der Waals surface area (Å²) in [6.07, 6.45) is 4.69. The molecule has 1 aromatic carbocycles. The van der Waals surface area contributed by atoms with Gasteiger partial charge >= 0.3 is 5.97 Å². The van der Waals surface area contributed by atoms with Gasteiger partial charge in [0.25, 0.3) is 0 Å². The highest BCUT2D eigenvalue weighted by molar-refractivity contribution is 7.13. The molecular formula is C29H32N4O6S2. The van der Waals surface area contributed by atoms with Gasteiger partial charge in [-0.05, 0) is 82.3 Å². The quantitative estimate of drug-likeness (QED) is 0.208. The van der Waals surface area contributed by atoms with Crippen molar-refractivity contribution >= 4 is 46.0 Å². The minimum atomic E-state index is -1.78. The summed E-state index contributed by atoms with van der Waals surface area (Å²) in [5.41, 5.74) is -0.0137. The Morgan fingerprint density at radius 2 is 2.02 bits per heavy atom. The van der Waals surface area contributed by atoms with Crippen LogP contribution in [0.25, 0.3) is 11.0 Å². The lowest BCUT2D eigenvalue weighted by molar-refractivity contribution is -0.169. The number of thiophene rings is 2. The highest BCUT2D eigenvalue weighted by atomic mass is 32.1. The third-order valence-electron chi connectivity index (χ3n) is 7.96. The van der Waals surface area contributed by atoms with Crippen LogP contribution in [0.2, 0.25) is 0 Å². The first-order valence-corrected chi connectivity index (χ1v) is 15.4. The molecule has 1 fully saturated rings. The maximum absolute atomic E-state index is 13.4. The zero-order valence-corrected chi connectivity index (χ0v) is 24.6. The number of rotatable bonds is 10. The van der Waals surface area contributed by atoms with Crippen molar-refractivity contribution in [2.75, 3.05) is 20.4 Å². The average Bonchev–Trinajstić information content (AvgIpc) is 3.79. The molecule has 1 saturated carbocycles. The Bertz CT molecular complexity index is 1540. The van der Waals surface area contributed by atoms with Gasteiger partial charge in [0, 0.05) is 17.5 Å². The Morgan fingerprint density at radius 3 is 2.73 bits per heavy atom. The second-order valence-electron chi connectivity index (χ2n) is 10.6. The molecule has 0 spiro atoms. The number of fused-ring (bicyclic) bond motifs is 3. The first-order valence-electron chi connectivity index (χ1n) is 13.7. The number of esters is 1. The average molecular weight is 597 g/mol. The summed E-state index contributed by atoms with van der Waals surface area (Å²) in [6.45, 7) is 3.54. The van der Waals surface area contributed by atoms with E-state index in [-0.39, 0.29) is 12.9 Å². The molecular weight excluding hydrogens is 564 g/mol. The number of benzene rings is 1. The van der Waals surface area contributed by atoms with Crippen LogP contribution in [0, 0.1) is 6.92 Å². The van der Waals surface area contributed by atoms with Gasteiger partial charge in [-0.15, -0.1) is 27.8 Å². The summed E-state index contributed by atoms with van der Waals surface area (Å²) in [5, 5.41) is 22.0. The van der Waals surface area contributed by atoms with Crippen LogP contribution in [-0.2, 0) is 21.7 Å². The first-order chi connectivity index (χ1) is 19.9. The van der Waals surface area contributed by atoms with Gasteiger partial charge < -0.3 is 24.2 Å². The van der Waals surface area contributed by atoms with Crippen LogP contribution in [0.3, 0.4) is 0 Å². The van der Waals surface area contributed by atoms with E-state index in [1.165, 1.54) is 22.7 Å². The van der Waals surface area contributed by atoms with Gasteiger partial charge in [-0.3, -0.25) is 4.79 Å². The molecule has 216 valence electrons. The van der Waals surface area contributed by atoms with Crippen LogP contribution in [0.5, 0.6) is 11.5 Å². The van der Waals surface area contributed by atoms with Crippen molar-refractivity contribution < 1.29 is 28.9 Å². The Labute approximate surface area is 245 Å². The van der Waals surface area contributed by atoms with Crippen molar-refractivity contribution in [3.8, 4) is 11.5 Å². The van der Waals surface area contributed by atoms with E-state index in [0.717, 1.165) is 55.3 Å². The Balaban J connectivity index is 1.03. The highest BCUT2D eigenvalue weighted by Gasteiger charge is 2.45. The summed E-state index contributed by atoms with van der Waals surface area (Å²) >= 11 is 2.77. The van der Waals surface area contributed by atoms with Crippen LogP contribution in [-0.4, -0.2) is 69.8 Å². The van der Waals surface area contributed by atoms with Gasteiger partial charge in [-0.2, -0.15) is 0 Å². The molecule has 3 aromatic heterocycles. The molecule has 41 heavy (non-hydrogen) atoms. The minimum absolute atomic E-state index is 0.0716. The molecule has 0 saturated heterocycles. The van der Waals surface area contributed by atoms with Crippen LogP contribution in [0.15, 0.2) is 35.7 Å². The zero-order chi connectivity index (χ0) is 28.6. The molecule has 1 aliphatic heterocycles. The summed E-state index contributed by atoms with van der Waals surface area (Å²) in [4.78, 5) is 29.3. The lowest BCUT2D eigenvalue weighted by atomic mass is 9.91. The maximum atomic E-state index is 13.4. The van der Waals surface area contributed by atoms with Crippen molar-refractivity contribution in [1.29, 1.82) is 0 Å². The van der Waals surface area contributed by atoms with Crippen molar-refractivity contribution in [2.24, 2.45) is 0 Å². The fourth-order valence-electron chi connectivity index (χ4n) is 5.71. The number of aliphatic hydroxyl groups is 1. The molecule has 12 heteroatoms. The third-order valence-corrected chi connectivity index (χ3v) is 10.1. The minimum Gasteiger partial charge on any atom is -0.460 e. The molecule has 0 radical (unpaired) electrons. The van der Waals surface area contributed by atoms with E-state index in [4.69, 9.17) is 14.2 Å². The fourth-order valence-corrected chi connectivity index (χ4v) is 7.56. The van der Waals surface area contributed by atoms with Gasteiger partial charge in [0.1, 0.15) is 17.1 Å². The molecule has 4 heterocycles. The van der Waals surface area contributed by atoms with Crippen LogP contribution >= 0.6 is 22.7 Å². The van der Waals surface area contributed by atoms with Gasteiger partial charge in [0.2, 0.25) is 12.4 Å². The number of hydrogen-bond donors (Lipinski definition) is 1. The number of carbonyl (C=O) groups excluding carboxylic acids is 2. The van der Waals surface area contributed by atoms with E-state index in [0.29, 0.717) is 44.9 Å². The molecule has 1 atom stereocenters. The predicted octanol–water partition coefficient (Wildman–Crippen LogP) is 4.52. The zero-order valence-electron chi connectivity index (χ0n) is 22.9. The molecule has 6 rings (SSSR count). The number of nitrogens with zero attached hydrogens (tertiary/aromatic N) is 4. The molecule has 1 aliphatic carbocycles. The van der Waals surface area contributed by atoms with Gasteiger partial charge in [0.05, 0.1) is 15.3 Å². The smallest absolute Gasteiger partial charge is 0.349 e. The number of aromatic nitrogens is 3. The maximum Gasteiger partial charge on any atom is 0.349 e. The van der Waals surface area contributed by atoms with Gasteiger partial charge in [0.15, 0.2) is 17.8 Å². The molecule has 4 aromatic rings. The summed E-state index contributed by atoms with van der Waals surface area (Å²) in [7, 11) is 2.12. The van der Waals surface area contributed by atoms with E-state index in [1.807, 2.05) is 35.2 Å². The molecule has 0 bridgehead atoms. The highest BCUT2D eigenvalue weighted by Crippen LogP contribution is 2.41. The monoisotopic (exact) mass is 596 g/mol. The first kappa shape index (κ1) is 27.8. The number of ether oxygens (including phenoxy) is 3. The van der Waals surface area contributed by atoms with E-state index in [9.17, 15) is 14.7 Å². The Hall–Kier alpha value is -3.32. The topological polar surface area (TPSA) is 116 Å². The van der Waals surface area contributed by atoms with E-state index in [2.05, 4.69) is 22.3 Å². The van der Waals surface area contributed by atoms with Crippen molar-refractivity contribution in [3.05, 3.63) is 55.9 Å². The van der Waals surface area contributed by atoms with E-state index < -0.39 is 11.6 Å². The second kappa shape index (κ2) is 11.5. The number of carbonyl (C=O) groups is 2. The summed E-state index contributed by atoms with van der Waals surface area (Å²) in [6, 6.07) is 9.40. The fraction of sp³-hybridized carbons (Fsp3) is 0.448. The summed E-state index contributed by atoms with van der Waals surface area (Å²) in [5.74, 6) is 0.376. The third kappa shape index (κ3) is 5.25. The number of hydrogen-bond acceptors (Lipinski definition) is 11. The molecule has 0 unspecified atom stereocenters. The number of aldehydes is 1. The Morgan fingerprint density at radius 1 is 1.22 bits per heavy atom. The van der Waals surface area contributed by atoms with E-state index in [1.54, 1.807) is 12.1 Å². The lowest BCUT2D eigenvalue weighted by Crippen LogP contribution is -2.42. The van der Waals surface area contributed by atoms with Crippen molar-refractivity contribution in [2.45, 2.75) is 63.3 Å². The second-order valence-corrected chi connectivity index (χ2v) is 12.8.